The Kier molecular flexibility index (Phi) is 4.34. The maximum absolute atomic E-state index is 13.1. The van der Waals surface area contributed by atoms with Crippen LogP contribution in [0, 0.1) is 11.7 Å². The molecule has 0 saturated heterocycles. The fourth-order valence-corrected chi connectivity index (χ4v) is 1.58. The fraction of sp³-hybridized carbons (Fsp3) is 0.500. The van der Waals surface area contributed by atoms with Crippen molar-refractivity contribution < 1.29 is 22.7 Å². The molecule has 102 valence electrons. The first-order valence-electron chi connectivity index (χ1n) is 5.45. The molecule has 0 aromatic heterocycles. The molecule has 0 fully saturated rings. The van der Waals surface area contributed by atoms with E-state index in [1.165, 1.54) is 0 Å². The van der Waals surface area contributed by atoms with E-state index in [4.69, 9.17) is 5.73 Å². The van der Waals surface area contributed by atoms with Crippen molar-refractivity contribution in [3.8, 4) is 0 Å². The van der Waals surface area contributed by atoms with Crippen molar-refractivity contribution in [3.05, 3.63) is 35.1 Å². The predicted octanol–water partition coefficient (Wildman–Crippen LogP) is 2.86. The van der Waals surface area contributed by atoms with Gasteiger partial charge < -0.3 is 10.8 Å². The topological polar surface area (TPSA) is 46.2 Å². The molecule has 0 aliphatic rings. The Hall–Kier alpha value is -1.14. The van der Waals surface area contributed by atoms with Crippen molar-refractivity contribution in [1.82, 2.24) is 0 Å². The van der Waals surface area contributed by atoms with Gasteiger partial charge >= 0.3 is 6.18 Å². The number of aliphatic hydroxyl groups is 1. The van der Waals surface area contributed by atoms with Crippen LogP contribution in [0.15, 0.2) is 18.2 Å². The zero-order valence-corrected chi connectivity index (χ0v) is 10.0. The van der Waals surface area contributed by atoms with Crippen LogP contribution in [0.2, 0.25) is 0 Å². The summed E-state index contributed by atoms with van der Waals surface area (Å²) < 4.78 is 50.6. The molecule has 0 heterocycles. The zero-order chi connectivity index (χ0) is 14.1. The number of hydrogen-bond donors (Lipinski definition) is 2. The lowest BCUT2D eigenvalue weighted by Crippen LogP contribution is -2.30. The minimum Gasteiger partial charge on any atom is -0.391 e. The first kappa shape index (κ1) is 14.9. The van der Waals surface area contributed by atoms with Gasteiger partial charge in [0.05, 0.1) is 17.7 Å². The average molecular weight is 265 g/mol. The molecule has 1 aromatic carbocycles. The Labute approximate surface area is 102 Å². The molecule has 1 aromatic rings. The molecule has 0 radical (unpaired) electrons. The normalized spacial score (nSPS) is 15.8. The van der Waals surface area contributed by atoms with Gasteiger partial charge in [-0.15, -0.1) is 0 Å². The van der Waals surface area contributed by atoms with E-state index in [-0.39, 0.29) is 11.5 Å². The maximum Gasteiger partial charge on any atom is 0.419 e. The molecule has 2 nitrogen and oxygen atoms in total. The van der Waals surface area contributed by atoms with Crippen LogP contribution in [-0.4, -0.2) is 11.2 Å². The number of hydrogen-bond acceptors (Lipinski definition) is 2. The number of nitrogens with two attached hydrogens (primary N) is 1. The molecule has 3 N–H and O–H groups in total. The summed E-state index contributed by atoms with van der Waals surface area (Å²) in [7, 11) is 0. The van der Waals surface area contributed by atoms with Gasteiger partial charge in [-0.2, -0.15) is 13.2 Å². The molecule has 0 unspecified atom stereocenters. The van der Waals surface area contributed by atoms with Gasteiger partial charge in [0.25, 0.3) is 0 Å². The molecule has 18 heavy (non-hydrogen) atoms. The van der Waals surface area contributed by atoms with E-state index in [0.29, 0.717) is 12.1 Å². The molecular weight excluding hydrogens is 250 g/mol. The fourth-order valence-electron chi connectivity index (χ4n) is 1.58. The van der Waals surface area contributed by atoms with Crippen LogP contribution in [0.4, 0.5) is 17.6 Å². The van der Waals surface area contributed by atoms with Crippen molar-refractivity contribution in [2.45, 2.75) is 32.2 Å². The highest BCUT2D eigenvalue weighted by atomic mass is 19.4. The lowest BCUT2D eigenvalue weighted by molar-refractivity contribution is -0.140. The quantitative estimate of drug-likeness (QED) is 0.825. The van der Waals surface area contributed by atoms with E-state index in [1.54, 1.807) is 13.8 Å². The number of alkyl halides is 3. The van der Waals surface area contributed by atoms with E-state index in [9.17, 15) is 22.7 Å². The van der Waals surface area contributed by atoms with Crippen molar-refractivity contribution in [3.63, 3.8) is 0 Å². The van der Waals surface area contributed by atoms with Gasteiger partial charge in [-0.3, -0.25) is 0 Å². The molecule has 0 aliphatic carbocycles. The smallest absolute Gasteiger partial charge is 0.391 e. The van der Waals surface area contributed by atoms with E-state index >= 15 is 0 Å². The first-order valence-corrected chi connectivity index (χ1v) is 5.45. The lowest BCUT2D eigenvalue weighted by Gasteiger charge is -2.23. The lowest BCUT2D eigenvalue weighted by atomic mass is 9.93. The number of halogens is 4. The highest BCUT2D eigenvalue weighted by Gasteiger charge is 2.35. The summed E-state index contributed by atoms with van der Waals surface area (Å²) >= 11 is 0. The maximum atomic E-state index is 13.1. The van der Waals surface area contributed by atoms with Gasteiger partial charge in [0.2, 0.25) is 0 Å². The van der Waals surface area contributed by atoms with Gasteiger partial charge in [-0.1, -0.05) is 19.9 Å². The highest BCUT2D eigenvalue weighted by molar-refractivity contribution is 5.30. The minimum absolute atomic E-state index is 0.0601. The molecular formula is C12H15F4NO. The number of benzene rings is 1. The zero-order valence-electron chi connectivity index (χ0n) is 10.0. The van der Waals surface area contributed by atoms with Crippen LogP contribution in [0.5, 0.6) is 0 Å². The van der Waals surface area contributed by atoms with Gasteiger partial charge in [-0.05, 0) is 23.6 Å². The van der Waals surface area contributed by atoms with Gasteiger partial charge in [0, 0.05) is 0 Å². The summed E-state index contributed by atoms with van der Waals surface area (Å²) in [6, 6.07) is 1.53. The number of rotatable bonds is 3. The van der Waals surface area contributed by atoms with Crippen LogP contribution >= 0.6 is 0 Å². The monoisotopic (exact) mass is 265 g/mol. The van der Waals surface area contributed by atoms with E-state index in [0.717, 1.165) is 6.07 Å². The van der Waals surface area contributed by atoms with Crippen molar-refractivity contribution in [2.24, 2.45) is 11.7 Å². The Morgan fingerprint density at radius 3 is 2.22 bits per heavy atom. The second-order valence-electron chi connectivity index (χ2n) is 4.50. The predicted molar refractivity (Wildman–Crippen MR) is 59.2 cm³/mol. The van der Waals surface area contributed by atoms with E-state index in [1.807, 2.05) is 0 Å². The molecule has 0 spiro atoms. The summed E-state index contributed by atoms with van der Waals surface area (Å²) in [6.07, 6.45) is -5.76. The first-order chi connectivity index (χ1) is 8.14. The van der Waals surface area contributed by atoms with Crippen LogP contribution in [0.25, 0.3) is 0 Å². The average Bonchev–Trinajstić information content (AvgIpc) is 2.26. The molecule has 6 heteroatoms. The van der Waals surface area contributed by atoms with Crippen molar-refractivity contribution in [1.29, 1.82) is 0 Å². The van der Waals surface area contributed by atoms with Crippen LogP contribution in [0.3, 0.4) is 0 Å². The van der Waals surface area contributed by atoms with Crippen molar-refractivity contribution in [2.75, 3.05) is 0 Å². The molecule has 2 atom stereocenters. The molecule has 0 aliphatic heterocycles. The summed E-state index contributed by atoms with van der Waals surface area (Å²) in [5.41, 5.74) is 4.35. The molecule has 0 bridgehead atoms. The number of aliphatic hydroxyl groups excluding tert-OH is 1. The minimum atomic E-state index is -4.78. The van der Waals surface area contributed by atoms with Crippen LogP contribution in [-0.2, 0) is 6.18 Å². The standard InChI is InChI=1S/C12H15F4NO/c1-6(2)11(18)10(17)7-3-4-9(13)8(5-7)12(14,15)16/h3-6,10-11,18H,17H2,1-2H3/t10-,11+/m1/s1. The van der Waals surface area contributed by atoms with Gasteiger partial charge in [0.1, 0.15) is 5.82 Å². The van der Waals surface area contributed by atoms with E-state index < -0.39 is 29.7 Å². The Bertz CT molecular complexity index is 417. The molecule has 1 rings (SSSR count). The largest absolute Gasteiger partial charge is 0.419 e. The molecule has 0 saturated carbocycles. The second kappa shape index (κ2) is 5.24. The SMILES string of the molecule is CC(C)[C@H](O)[C@H](N)c1ccc(F)c(C(F)(F)F)c1. The van der Waals surface area contributed by atoms with E-state index in [2.05, 4.69) is 0 Å². The molecule has 0 amide bonds. The summed E-state index contributed by atoms with van der Waals surface area (Å²) in [4.78, 5) is 0. The third kappa shape index (κ3) is 3.20. The van der Waals surface area contributed by atoms with Crippen molar-refractivity contribution >= 4 is 0 Å². The third-order valence-electron chi connectivity index (χ3n) is 2.73. The Morgan fingerprint density at radius 2 is 1.78 bits per heavy atom. The Balaban J connectivity index is 3.13. The summed E-state index contributed by atoms with van der Waals surface area (Å²) in [5, 5.41) is 9.71. The van der Waals surface area contributed by atoms with Gasteiger partial charge in [0.15, 0.2) is 0 Å². The summed E-state index contributed by atoms with van der Waals surface area (Å²) in [5.74, 6) is -1.56. The van der Waals surface area contributed by atoms with Crippen LogP contribution < -0.4 is 5.73 Å². The second-order valence-corrected chi connectivity index (χ2v) is 4.50. The van der Waals surface area contributed by atoms with Crippen LogP contribution in [0.1, 0.15) is 31.0 Å². The van der Waals surface area contributed by atoms with Gasteiger partial charge in [-0.25, -0.2) is 4.39 Å². The summed E-state index contributed by atoms with van der Waals surface area (Å²) in [6.45, 7) is 3.39. The third-order valence-corrected chi connectivity index (χ3v) is 2.73. The Morgan fingerprint density at radius 1 is 1.22 bits per heavy atom. The highest BCUT2D eigenvalue weighted by Crippen LogP contribution is 2.33.